The second kappa shape index (κ2) is 7.94. The first kappa shape index (κ1) is 18.8. The fraction of sp³-hybridized carbons (Fsp3) is 0.280. The maximum absolute atomic E-state index is 4.74. The number of rotatable bonds is 4. The second-order valence-corrected chi connectivity index (χ2v) is 9.33. The molecular weight excluding hydrogens is 402 g/mol. The van der Waals surface area contributed by atoms with Crippen LogP contribution < -0.4 is 5.32 Å². The molecule has 5 nitrogen and oxygen atoms in total. The van der Waals surface area contributed by atoms with Gasteiger partial charge in [0.2, 0.25) is 0 Å². The Balaban J connectivity index is 1.30. The summed E-state index contributed by atoms with van der Waals surface area (Å²) in [6, 6.07) is 11.3. The van der Waals surface area contributed by atoms with Gasteiger partial charge in [-0.3, -0.25) is 9.88 Å². The summed E-state index contributed by atoms with van der Waals surface area (Å²) in [5, 5.41) is 4.67. The van der Waals surface area contributed by atoms with Gasteiger partial charge in [-0.2, -0.15) is 0 Å². The van der Waals surface area contributed by atoms with Crippen molar-refractivity contribution in [3.63, 3.8) is 0 Å². The van der Waals surface area contributed by atoms with Crippen molar-refractivity contribution in [1.29, 1.82) is 0 Å². The zero-order valence-electron chi connectivity index (χ0n) is 17.4. The van der Waals surface area contributed by atoms with Gasteiger partial charge in [-0.25, -0.2) is 4.98 Å². The van der Waals surface area contributed by atoms with Gasteiger partial charge in [0.1, 0.15) is 5.65 Å². The van der Waals surface area contributed by atoms with Crippen molar-refractivity contribution in [3.05, 3.63) is 69.9 Å². The Morgan fingerprint density at radius 1 is 1.00 bits per heavy atom. The zero-order valence-corrected chi connectivity index (χ0v) is 18.2. The molecule has 2 aliphatic heterocycles. The predicted molar refractivity (Wildman–Crippen MR) is 127 cm³/mol. The molecule has 1 saturated heterocycles. The monoisotopic (exact) mass is 427 g/mol. The molecule has 0 amide bonds. The fourth-order valence-corrected chi connectivity index (χ4v) is 5.28. The van der Waals surface area contributed by atoms with Crippen LogP contribution in [0.5, 0.6) is 0 Å². The number of H-pyrrole nitrogens is 1. The predicted octanol–water partition coefficient (Wildman–Crippen LogP) is 5.27. The van der Waals surface area contributed by atoms with Gasteiger partial charge in [0.05, 0.1) is 22.6 Å². The molecule has 1 fully saturated rings. The lowest BCUT2D eigenvalue weighted by molar-refractivity contribution is 0.221. The molecule has 6 heteroatoms. The van der Waals surface area contributed by atoms with Crippen LogP contribution in [0.25, 0.3) is 33.9 Å². The zero-order chi connectivity index (χ0) is 20.6. The summed E-state index contributed by atoms with van der Waals surface area (Å²) in [7, 11) is 0. The van der Waals surface area contributed by atoms with Gasteiger partial charge in [-0.1, -0.05) is 30.7 Å². The van der Waals surface area contributed by atoms with E-state index in [1.54, 1.807) is 11.3 Å². The number of hydrogen-bond donors (Lipinski definition) is 2. The number of pyridine rings is 1. The van der Waals surface area contributed by atoms with E-state index in [0.29, 0.717) is 0 Å². The second-order valence-electron chi connectivity index (χ2n) is 8.45. The highest BCUT2D eigenvalue weighted by molar-refractivity contribution is 7.10. The molecule has 3 aromatic heterocycles. The lowest BCUT2D eigenvalue weighted by atomic mass is 10.0. The van der Waals surface area contributed by atoms with E-state index in [-0.39, 0.29) is 0 Å². The van der Waals surface area contributed by atoms with Gasteiger partial charge >= 0.3 is 0 Å². The Labute approximate surface area is 185 Å². The number of aromatic nitrogens is 3. The third-order valence-electron chi connectivity index (χ3n) is 6.36. The van der Waals surface area contributed by atoms with Crippen LogP contribution in [0, 0.1) is 0 Å². The lowest BCUT2D eigenvalue weighted by Gasteiger charge is -2.26. The van der Waals surface area contributed by atoms with Crippen molar-refractivity contribution in [2.45, 2.75) is 32.4 Å². The molecule has 0 atom stereocenters. The van der Waals surface area contributed by atoms with Crippen LogP contribution in [-0.4, -0.2) is 32.9 Å². The third-order valence-corrected chi connectivity index (χ3v) is 7.16. The molecule has 1 aromatic carbocycles. The van der Waals surface area contributed by atoms with E-state index < -0.39 is 0 Å². The van der Waals surface area contributed by atoms with Crippen LogP contribution in [0.3, 0.4) is 0 Å². The maximum Gasteiger partial charge on any atom is 0.138 e. The molecule has 0 spiro atoms. The highest BCUT2D eigenvalue weighted by Gasteiger charge is 2.18. The molecule has 0 aliphatic carbocycles. The molecule has 2 aliphatic rings. The van der Waals surface area contributed by atoms with Crippen LogP contribution in [0.2, 0.25) is 0 Å². The van der Waals surface area contributed by atoms with Gasteiger partial charge in [0.25, 0.3) is 0 Å². The molecule has 0 radical (unpaired) electrons. The molecule has 156 valence electrons. The molecular formula is C25H25N5S. The van der Waals surface area contributed by atoms with Crippen LogP contribution >= 0.6 is 11.3 Å². The van der Waals surface area contributed by atoms with E-state index in [4.69, 9.17) is 4.98 Å². The SMILES string of the molecule is C1=C(c2cncs2)NCc2[nH]c3ncc(-c4ccc(CN5CCCCC5)cc4)cc3c21. The molecule has 31 heavy (non-hydrogen) atoms. The fourth-order valence-electron chi connectivity index (χ4n) is 4.67. The third kappa shape index (κ3) is 3.66. The highest BCUT2D eigenvalue weighted by atomic mass is 32.1. The molecule has 0 bridgehead atoms. The van der Waals surface area contributed by atoms with Gasteiger partial charge in [0, 0.05) is 41.1 Å². The number of aromatic amines is 1. The van der Waals surface area contributed by atoms with Gasteiger partial charge in [0.15, 0.2) is 0 Å². The summed E-state index contributed by atoms with van der Waals surface area (Å²) in [6.07, 6.45) is 10.2. The minimum atomic E-state index is 0.774. The standard InChI is InChI=1S/C25H25N5S/c1-2-8-30(9-3-1)15-17-4-6-18(7-5-17)19-10-21-20-11-22(24-14-26-16-31-24)27-13-23(20)29-25(21)28-12-19/h4-7,10-12,14,16,27H,1-3,8-9,13,15H2,(H,28,29). The molecule has 5 heterocycles. The van der Waals surface area contributed by atoms with Crippen LogP contribution in [0.15, 0.2) is 48.2 Å². The Kier molecular flexibility index (Phi) is 4.81. The van der Waals surface area contributed by atoms with Crippen molar-refractivity contribution in [1.82, 2.24) is 25.2 Å². The van der Waals surface area contributed by atoms with E-state index >= 15 is 0 Å². The first-order chi connectivity index (χ1) is 15.3. The van der Waals surface area contributed by atoms with E-state index in [9.17, 15) is 0 Å². The van der Waals surface area contributed by atoms with Crippen molar-refractivity contribution >= 4 is 34.1 Å². The molecule has 2 N–H and O–H groups in total. The summed E-state index contributed by atoms with van der Waals surface area (Å²) < 4.78 is 0. The minimum absolute atomic E-state index is 0.774. The number of likely N-dealkylation sites (tertiary alicyclic amines) is 1. The summed E-state index contributed by atoms with van der Waals surface area (Å²) in [5.74, 6) is 0. The lowest BCUT2D eigenvalue weighted by Crippen LogP contribution is -2.28. The molecule has 0 unspecified atom stereocenters. The van der Waals surface area contributed by atoms with Crippen molar-refractivity contribution in [3.8, 4) is 11.1 Å². The van der Waals surface area contributed by atoms with Gasteiger partial charge < -0.3 is 10.3 Å². The number of benzene rings is 1. The number of hydrogen-bond acceptors (Lipinski definition) is 5. The van der Waals surface area contributed by atoms with Gasteiger partial charge in [-0.15, -0.1) is 11.3 Å². The van der Waals surface area contributed by atoms with E-state index in [0.717, 1.165) is 34.9 Å². The Bertz CT molecular complexity index is 1230. The van der Waals surface area contributed by atoms with Gasteiger partial charge in [-0.05, 0) is 49.2 Å². The number of thiazole rings is 1. The van der Waals surface area contributed by atoms with E-state index in [1.807, 2.05) is 17.9 Å². The van der Waals surface area contributed by atoms with Crippen molar-refractivity contribution in [2.24, 2.45) is 0 Å². The smallest absolute Gasteiger partial charge is 0.138 e. The molecule has 6 rings (SSSR count). The maximum atomic E-state index is 4.74. The van der Waals surface area contributed by atoms with E-state index in [2.05, 4.69) is 56.6 Å². The van der Waals surface area contributed by atoms with Crippen LogP contribution in [0.1, 0.15) is 41.0 Å². The first-order valence-electron chi connectivity index (χ1n) is 11.0. The average molecular weight is 428 g/mol. The summed E-state index contributed by atoms with van der Waals surface area (Å²) in [6.45, 7) is 4.29. The average Bonchev–Trinajstić information content (AvgIpc) is 3.48. The Hall–Kier alpha value is -2.96. The van der Waals surface area contributed by atoms with Crippen molar-refractivity contribution < 1.29 is 0 Å². The highest BCUT2D eigenvalue weighted by Crippen LogP contribution is 2.32. The van der Waals surface area contributed by atoms with Crippen LogP contribution in [0.4, 0.5) is 0 Å². The minimum Gasteiger partial charge on any atom is -0.378 e. The molecule has 0 saturated carbocycles. The quantitative estimate of drug-likeness (QED) is 0.466. The number of fused-ring (bicyclic) bond motifs is 3. The summed E-state index contributed by atoms with van der Waals surface area (Å²) in [4.78, 5) is 16.2. The topological polar surface area (TPSA) is 56.8 Å². The number of piperidine rings is 1. The van der Waals surface area contributed by atoms with Crippen molar-refractivity contribution in [2.75, 3.05) is 13.1 Å². The first-order valence-corrected chi connectivity index (χ1v) is 11.9. The molecule has 4 aromatic rings. The van der Waals surface area contributed by atoms with E-state index in [1.165, 1.54) is 60.1 Å². The number of nitrogens with zero attached hydrogens (tertiary/aromatic N) is 3. The largest absolute Gasteiger partial charge is 0.378 e. The Morgan fingerprint density at radius 3 is 2.68 bits per heavy atom. The van der Waals surface area contributed by atoms with Crippen LogP contribution in [-0.2, 0) is 13.1 Å². The number of nitrogens with one attached hydrogen (secondary N) is 2. The summed E-state index contributed by atoms with van der Waals surface area (Å²) in [5.41, 5.74) is 10.1. The normalized spacial score (nSPS) is 16.7. The summed E-state index contributed by atoms with van der Waals surface area (Å²) >= 11 is 1.65. The Morgan fingerprint density at radius 2 is 1.87 bits per heavy atom.